The summed E-state index contributed by atoms with van der Waals surface area (Å²) in [7, 11) is -9.12. The van der Waals surface area contributed by atoms with E-state index >= 15 is 0 Å². The van der Waals surface area contributed by atoms with Crippen molar-refractivity contribution in [3.63, 3.8) is 0 Å². The van der Waals surface area contributed by atoms with E-state index in [0.717, 1.165) is 0 Å². The Morgan fingerprint density at radius 2 is 1.50 bits per heavy atom. The van der Waals surface area contributed by atoms with Gasteiger partial charge in [-0.25, -0.2) is 5.01 Å². The smallest absolute Gasteiger partial charge is 0.294 e. The van der Waals surface area contributed by atoms with E-state index in [2.05, 4.69) is 10.7 Å². The lowest BCUT2D eigenvalue weighted by atomic mass is 10.0. The van der Waals surface area contributed by atoms with Gasteiger partial charge in [0.15, 0.2) is 5.11 Å². The Morgan fingerprint density at radius 1 is 1.00 bits per heavy atom. The summed E-state index contributed by atoms with van der Waals surface area (Å²) in [5.41, 5.74) is 9.29. The fourth-order valence-corrected chi connectivity index (χ4v) is 4.73. The first-order valence-electron chi connectivity index (χ1n) is 8.24. The third kappa shape index (κ3) is 5.21. The molecule has 30 heavy (non-hydrogen) atoms. The molecule has 2 aromatic carbocycles. The van der Waals surface area contributed by atoms with Crippen molar-refractivity contribution in [1.82, 2.24) is 5.43 Å². The minimum absolute atomic E-state index is 0.0602. The van der Waals surface area contributed by atoms with Crippen LogP contribution in [0.5, 0.6) is 0 Å². The molecule has 10 nitrogen and oxygen atoms in total. The lowest BCUT2D eigenvalue weighted by Gasteiger charge is -2.13. The molecule has 0 aliphatic carbocycles. The molecule has 160 valence electrons. The molecule has 1 heterocycles. The zero-order valence-corrected chi connectivity index (χ0v) is 18.3. The van der Waals surface area contributed by atoms with Gasteiger partial charge in [-0.15, -0.1) is 0 Å². The summed E-state index contributed by atoms with van der Waals surface area (Å²) < 4.78 is 66.4. The van der Waals surface area contributed by atoms with Crippen molar-refractivity contribution in [2.45, 2.75) is 22.6 Å². The SMILES string of the molecule is NC(=S)Nc1ccc(CCc2ccc(N3NC3=S)cc2S(=O)(=O)O)c(S(=O)(=O)O)c1. The Morgan fingerprint density at radius 3 is 1.97 bits per heavy atom. The zero-order valence-electron chi connectivity index (χ0n) is 15.1. The molecule has 0 amide bonds. The van der Waals surface area contributed by atoms with E-state index < -0.39 is 20.2 Å². The first-order valence-corrected chi connectivity index (χ1v) is 11.9. The molecule has 0 saturated carbocycles. The number of nitrogens with zero attached hydrogens (tertiary/aromatic N) is 1. The second-order valence-corrected chi connectivity index (χ2v) is 9.91. The van der Waals surface area contributed by atoms with Crippen LogP contribution in [-0.2, 0) is 33.1 Å². The van der Waals surface area contributed by atoms with Crippen LogP contribution in [-0.4, -0.2) is 36.2 Å². The van der Waals surface area contributed by atoms with Gasteiger partial charge in [-0.05, 0) is 72.7 Å². The number of anilines is 2. The summed E-state index contributed by atoms with van der Waals surface area (Å²) in [4.78, 5) is -0.691. The quantitative estimate of drug-likeness (QED) is 0.215. The number of hydrogen-bond acceptors (Lipinski definition) is 6. The molecule has 2 aromatic rings. The van der Waals surface area contributed by atoms with Gasteiger partial charge in [0.05, 0.1) is 15.5 Å². The van der Waals surface area contributed by atoms with E-state index in [4.69, 9.17) is 30.2 Å². The van der Waals surface area contributed by atoms with E-state index in [1.807, 2.05) is 0 Å². The molecule has 0 radical (unpaired) electrons. The topological polar surface area (TPSA) is 172 Å². The second kappa shape index (κ2) is 8.05. The van der Waals surface area contributed by atoms with Crippen LogP contribution in [0.25, 0.3) is 0 Å². The van der Waals surface area contributed by atoms with Gasteiger partial charge in [0, 0.05) is 5.69 Å². The number of thiocarbonyl (C=S) groups is 2. The van der Waals surface area contributed by atoms with Crippen molar-refractivity contribution >= 4 is 66.3 Å². The number of rotatable bonds is 7. The summed E-state index contributed by atoms with van der Waals surface area (Å²) in [6.07, 6.45) is 0.128. The average molecular weight is 489 g/mol. The van der Waals surface area contributed by atoms with Crippen LogP contribution in [0.3, 0.4) is 0 Å². The maximum absolute atomic E-state index is 11.8. The molecule has 1 aliphatic heterocycles. The van der Waals surface area contributed by atoms with Crippen molar-refractivity contribution in [2.24, 2.45) is 5.73 Å². The summed E-state index contributed by atoms with van der Waals surface area (Å²) >= 11 is 9.63. The number of aryl methyl sites for hydroxylation is 2. The number of hydrogen-bond donors (Lipinski definition) is 5. The van der Waals surface area contributed by atoms with Gasteiger partial charge in [-0.3, -0.25) is 14.5 Å². The third-order valence-electron chi connectivity index (χ3n) is 4.22. The van der Waals surface area contributed by atoms with E-state index in [-0.39, 0.29) is 44.6 Å². The van der Waals surface area contributed by atoms with Crippen molar-refractivity contribution < 1.29 is 25.9 Å². The Bertz CT molecular complexity index is 1260. The van der Waals surface area contributed by atoms with Crippen molar-refractivity contribution in [1.29, 1.82) is 0 Å². The van der Waals surface area contributed by atoms with Gasteiger partial charge < -0.3 is 11.1 Å². The predicted octanol–water partition coefficient (Wildman–Crippen LogP) is 1.23. The normalized spacial score (nSPS) is 13.7. The Balaban J connectivity index is 1.93. The highest BCUT2D eigenvalue weighted by atomic mass is 32.2. The number of nitrogens with two attached hydrogens (primary N) is 1. The van der Waals surface area contributed by atoms with Gasteiger partial charge in [0.25, 0.3) is 20.2 Å². The van der Waals surface area contributed by atoms with Gasteiger partial charge in [-0.2, -0.15) is 16.8 Å². The van der Waals surface area contributed by atoms with E-state index in [9.17, 15) is 25.9 Å². The highest BCUT2D eigenvalue weighted by Gasteiger charge is 2.28. The van der Waals surface area contributed by atoms with Gasteiger partial charge in [0.1, 0.15) is 0 Å². The Labute approximate surface area is 183 Å². The predicted molar refractivity (Wildman–Crippen MR) is 119 cm³/mol. The molecule has 0 spiro atoms. The minimum atomic E-state index is -4.57. The first kappa shape index (κ1) is 22.3. The molecule has 0 bridgehead atoms. The van der Waals surface area contributed by atoms with Gasteiger partial charge in [-0.1, -0.05) is 12.1 Å². The van der Waals surface area contributed by atoms with Crippen LogP contribution in [0, 0.1) is 0 Å². The monoisotopic (exact) mass is 488 g/mol. The Kier molecular flexibility index (Phi) is 5.99. The summed E-state index contributed by atoms with van der Waals surface area (Å²) in [5.74, 6) is 0. The molecule has 0 unspecified atom stereocenters. The van der Waals surface area contributed by atoms with Crippen molar-refractivity contribution in [3.05, 3.63) is 47.5 Å². The van der Waals surface area contributed by atoms with Gasteiger partial charge in [0.2, 0.25) is 5.11 Å². The molecule has 0 atom stereocenters. The standard InChI is InChI=1S/C16H16N4O6S4/c17-15(27)18-11-5-3-9(13(7-11)29(21,22)23)1-2-10-4-6-12(20-16(28)19-20)8-14(10)30(24,25)26/h3-8H,1-2H2,(H,19,28)(H3,17,18,27)(H,21,22,23)(H,24,25,26). The van der Waals surface area contributed by atoms with Crippen LogP contribution >= 0.6 is 24.4 Å². The Hall–Kier alpha value is -2.36. The fraction of sp³-hybridized carbons (Fsp3) is 0.125. The summed E-state index contributed by atoms with van der Waals surface area (Å²) in [5, 5.41) is 4.36. The molecule has 1 aliphatic rings. The lowest BCUT2D eigenvalue weighted by molar-refractivity contribution is 0.479. The first-order chi connectivity index (χ1) is 13.9. The molecule has 0 aromatic heterocycles. The van der Waals surface area contributed by atoms with Crippen LogP contribution in [0.4, 0.5) is 11.4 Å². The molecule has 1 saturated heterocycles. The maximum Gasteiger partial charge on any atom is 0.294 e. The van der Waals surface area contributed by atoms with Gasteiger partial charge >= 0.3 is 0 Å². The summed E-state index contributed by atoms with van der Waals surface area (Å²) in [6, 6.07) is 8.50. The van der Waals surface area contributed by atoms with Crippen LogP contribution < -0.4 is 21.5 Å². The van der Waals surface area contributed by atoms with Crippen LogP contribution in [0.15, 0.2) is 46.2 Å². The largest absolute Gasteiger partial charge is 0.376 e. The van der Waals surface area contributed by atoms with Crippen LogP contribution in [0.2, 0.25) is 0 Å². The van der Waals surface area contributed by atoms with Crippen LogP contribution in [0.1, 0.15) is 11.1 Å². The lowest BCUT2D eigenvalue weighted by Crippen LogP contribution is -2.19. The molecule has 14 heteroatoms. The zero-order chi connectivity index (χ0) is 22.3. The highest BCUT2D eigenvalue weighted by molar-refractivity contribution is 7.86. The van der Waals surface area contributed by atoms with Crippen molar-refractivity contribution in [2.75, 3.05) is 10.3 Å². The fourth-order valence-electron chi connectivity index (χ4n) is 2.87. The maximum atomic E-state index is 11.8. The number of nitrogens with one attached hydrogen (secondary N) is 2. The van der Waals surface area contributed by atoms with Crippen molar-refractivity contribution in [3.8, 4) is 0 Å². The molecular formula is C16H16N4O6S4. The van der Waals surface area contributed by atoms with E-state index in [0.29, 0.717) is 10.8 Å². The third-order valence-corrected chi connectivity index (χ3v) is 6.47. The molecular weight excluding hydrogens is 472 g/mol. The van der Waals surface area contributed by atoms with E-state index in [1.165, 1.54) is 35.3 Å². The number of hydrazine groups is 1. The second-order valence-electron chi connectivity index (χ2n) is 6.31. The van der Waals surface area contributed by atoms with E-state index in [1.54, 1.807) is 6.07 Å². The molecule has 3 rings (SSSR count). The number of benzene rings is 2. The molecule has 6 N–H and O–H groups in total. The average Bonchev–Trinajstić information content (AvgIpc) is 3.35. The summed E-state index contributed by atoms with van der Waals surface area (Å²) in [6.45, 7) is 0. The molecule has 1 fully saturated rings. The minimum Gasteiger partial charge on any atom is -0.376 e. The highest BCUT2D eigenvalue weighted by Crippen LogP contribution is 2.28.